The van der Waals surface area contributed by atoms with Crippen LogP contribution in [-0.2, 0) is 9.47 Å². The maximum absolute atomic E-state index is 5.83. The molecule has 2 aliphatic heterocycles. The van der Waals surface area contributed by atoms with E-state index in [9.17, 15) is 0 Å². The minimum atomic E-state index is 0.298. The molecule has 0 aromatic carbocycles. The summed E-state index contributed by atoms with van der Waals surface area (Å²) in [5.41, 5.74) is 0.298. The van der Waals surface area contributed by atoms with Gasteiger partial charge in [0.1, 0.15) is 0 Å². The van der Waals surface area contributed by atoms with Crippen molar-refractivity contribution < 1.29 is 9.47 Å². The fraction of sp³-hybridized carbons (Fsp3) is 1.00. The molecule has 2 heterocycles. The smallest absolute Gasteiger partial charge is 0.0724 e. The van der Waals surface area contributed by atoms with E-state index >= 15 is 0 Å². The minimum Gasteiger partial charge on any atom is -0.381 e. The second-order valence-electron chi connectivity index (χ2n) is 7.11. The molecular formula is C17H34N2O2. The van der Waals surface area contributed by atoms with Crippen LogP contribution in [0.25, 0.3) is 0 Å². The van der Waals surface area contributed by atoms with E-state index in [0.717, 1.165) is 39.4 Å². The monoisotopic (exact) mass is 298 g/mol. The summed E-state index contributed by atoms with van der Waals surface area (Å²) in [6, 6.07) is 0. The first-order valence-corrected chi connectivity index (χ1v) is 8.73. The Morgan fingerprint density at radius 1 is 1.43 bits per heavy atom. The summed E-state index contributed by atoms with van der Waals surface area (Å²) < 4.78 is 11.5. The summed E-state index contributed by atoms with van der Waals surface area (Å²) in [6.45, 7) is 12.0. The van der Waals surface area contributed by atoms with Gasteiger partial charge in [-0.2, -0.15) is 0 Å². The third kappa shape index (κ3) is 4.92. The molecule has 4 heteroatoms. The number of likely N-dealkylation sites (tertiary alicyclic amines) is 1. The van der Waals surface area contributed by atoms with E-state index < -0.39 is 0 Å². The van der Waals surface area contributed by atoms with Gasteiger partial charge in [0.25, 0.3) is 0 Å². The molecule has 2 aliphatic rings. The fourth-order valence-corrected chi connectivity index (χ4v) is 3.78. The Hall–Kier alpha value is -0.160. The molecule has 124 valence electrons. The summed E-state index contributed by atoms with van der Waals surface area (Å²) in [5.74, 6) is 0.683. The van der Waals surface area contributed by atoms with Crippen LogP contribution in [0.15, 0.2) is 0 Å². The van der Waals surface area contributed by atoms with Gasteiger partial charge in [0.2, 0.25) is 0 Å². The molecule has 3 unspecified atom stereocenters. The van der Waals surface area contributed by atoms with Gasteiger partial charge < -0.3 is 19.7 Å². The molecule has 0 aromatic rings. The lowest BCUT2D eigenvalue weighted by Crippen LogP contribution is -2.53. The predicted molar refractivity (Wildman–Crippen MR) is 86.7 cm³/mol. The number of piperidine rings is 1. The van der Waals surface area contributed by atoms with Crippen LogP contribution in [0.5, 0.6) is 0 Å². The van der Waals surface area contributed by atoms with E-state index in [4.69, 9.17) is 9.47 Å². The predicted octanol–water partition coefficient (Wildman–Crippen LogP) is 2.14. The van der Waals surface area contributed by atoms with E-state index in [0.29, 0.717) is 17.4 Å². The Morgan fingerprint density at radius 3 is 2.95 bits per heavy atom. The van der Waals surface area contributed by atoms with Gasteiger partial charge >= 0.3 is 0 Å². The number of ether oxygens (including phenoxy) is 2. The first-order chi connectivity index (χ1) is 10.2. The second-order valence-corrected chi connectivity index (χ2v) is 7.11. The molecule has 4 nitrogen and oxygen atoms in total. The SMILES string of the molecule is CCCNCC1(CN2CCC(C)C(OC)C2)CCCOC1. The molecule has 1 N–H and O–H groups in total. The molecule has 0 radical (unpaired) electrons. The van der Waals surface area contributed by atoms with Crippen molar-refractivity contribution in [3.63, 3.8) is 0 Å². The Bertz CT molecular complexity index is 293. The third-order valence-electron chi connectivity index (χ3n) is 5.17. The number of rotatable bonds is 7. The van der Waals surface area contributed by atoms with Crippen molar-refractivity contribution in [1.29, 1.82) is 0 Å². The van der Waals surface area contributed by atoms with Crippen LogP contribution in [0.2, 0.25) is 0 Å². The quantitative estimate of drug-likeness (QED) is 0.730. The first kappa shape index (κ1) is 17.2. The van der Waals surface area contributed by atoms with Gasteiger partial charge in [-0.05, 0) is 44.7 Å². The van der Waals surface area contributed by atoms with Crippen LogP contribution < -0.4 is 5.32 Å². The van der Waals surface area contributed by atoms with Crippen molar-refractivity contribution >= 4 is 0 Å². The van der Waals surface area contributed by atoms with Gasteiger partial charge in [0, 0.05) is 38.8 Å². The molecule has 0 aromatic heterocycles. The molecule has 2 saturated heterocycles. The third-order valence-corrected chi connectivity index (χ3v) is 5.17. The Morgan fingerprint density at radius 2 is 2.29 bits per heavy atom. The highest BCUT2D eigenvalue weighted by Gasteiger charge is 2.36. The van der Waals surface area contributed by atoms with Crippen molar-refractivity contribution in [3.8, 4) is 0 Å². The normalized spacial score (nSPS) is 35.0. The molecule has 0 amide bonds. The molecule has 0 aliphatic carbocycles. The van der Waals surface area contributed by atoms with Crippen LogP contribution >= 0.6 is 0 Å². The highest BCUT2D eigenvalue weighted by Crippen LogP contribution is 2.31. The van der Waals surface area contributed by atoms with E-state index in [1.807, 2.05) is 7.11 Å². The number of nitrogens with zero attached hydrogens (tertiary/aromatic N) is 1. The van der Waals surface area contributed by atoms with Crippen LogP contribution in [0.4, 0.5) is 0 Å². The summed E-state index contributed by atoms with van der Waals surface area (Å²) in [6.07, 6.45) is 5.32. The van der Waals surface area contributed by atoms with Gasteiger partial charge in [-0.1, -0.05) is 13.8 Å². The summed E-state index contributed by atoms with van der Waals surface area (Å²) in [4.78, 5) is 2.61. The number of nitrogens with one attached hydrogen (secondary N) is 1. The van der Waals surface area contributed by atoms with Crippen molar-refractivity contribution in [1.82, 2.24) is 10.2 Å². The first-order valence-electron chi connectivity index (χ1n) is 8.73. The summed E-state index contributed by atoms with van der Waals surface area (Å²) in [5, 5.41) is 3.63. The van der Waals surface area contributed by atoms with Crippen LogP contribution in [-0.4, -0.2) is 64.1 Å². The van der Waals surface area contributed by atoms with E-state index in [2.05, 4.69) is 24.1 Å². The van der Waals surface area contributed by atoms with E-state index in [1.54, 1.807) is 0 Å². The van der Waals surface area contributed by atoms with Gasteiger partial charge in [0.05, 0.1) is 12.7 Å². The lowest BCUT2D eigenvalue weighted by atomic mass is 9.81. The number of methoxy groups -OCH3 is 1. The lowest BCUT2D eigenvalue weighted by Gasteiger charge is -2.44. The van der Waals surface area contributed by atoms with Crippen molar-refractivity contribution in [3.05, 3.63) is 0 Å². The zero-order valence-electron chi connectivity index (χ0n) is 14.2. The van der Waals surface area contributed by atoms with E-state index in [-0.39, 0.29) is 0 Å². The van der Waals surface area contributed by atoms with Crippen LogP contribution in [0.3, 0.4) is 0 Å². The van der Waals surface area contributed by atoms with Gasteiger partial charge in [0.15, 0.2) is 0 Å². The van der Waals surface area contributed by atoms with Crippen LogP contribution in [0, 0.1) is 11.3 Å². The van der Waals surface area contributed by atoms with Crippen molar-refractivity contribution in [2.24, 2.45) is 11.3 Å². The Labute approximate surface area is 130 Å². The fourth-order valence-electron chi connectivity index (χ4n) is 3.78. The standard InChI is InChI=1S/C17H34N2O2/c1-4-8-18-12-17(7-5-10-21-14-17)13-19-9-6-15(2)16(11-19)20-3/h15-16,18H,4-14H2,1-3H3. The molecule has 3 atom stereocenters. The molecule has 0 spiro atoms. The molecule has 0 saturated carbocycles. The maximum Gasteiger partial charge on any atom is 0.0724 e. The zero-order chi connectivity index (χ0) is 15.1. The highest BCUT2D eigenvalue weighted by molar-refractivity contribution is 4.90. The topological polar surface area (TPSA) is 33.7 Å². The zero-order valence-corrected chi connectivity index (χ0v) is 14.2. The molecule has 2 rings (SSSR count). The molecule has 21 heavy (non-hydrogen) atoms. The van der Waals surface area contributed by atoms with Gasteiger partial charge in [-0.15, -0.1) is 0 Å². The Balaban J connectivity index is 1.91. The average Bonchev–Trinajstić information content (AvgIpc) is 2.50. The lowest BCUT2D eigenvalue weighted by molar-refractivity contribution is -0.0547. The minimum absolute atomic E-state index is 0.298. The molecular weight excluding hydrogens is 264 g/mol. The number of hydrogen-bond acceptors (Lipinski definition) is 4. The molecule has 2 fully saturated rings. The Kier molecular flexibility index (Phi) is 6.93. The van der Waals surface area contributed by atoms with Crippen molar-refractivity contribution in [2.75, 3.05) is 53.0 Å². The van der Waals surface area contributed by atoms with Crippen molar-refractivity contribution in [2.45, 2.75) is 45.6 Å². The largest absolute Gasteiger partial charge is 0.381 e. The summed E-state index contributed by atoms with van der Waals surface area (Å²) in [7, 11) is 1.85. The second kappa shape index (κ2) is 8.47. The number of hydrogen-bond donors (Lipinski definition) is 1. The van der Waals surface area contributed by atoms with Gasteiger partial charge in [-0.25, -0.2) is 0 Å². The molecule has 0 bridgehead atoms. The average molecular weight is 298 g/mol. The van der Waals surface area contributed by atoms with Crippen LogP contribution in [0.1, 0.15) is 39.5 Å². The highest BCUT2D eigenvalue weighted by atomic mass is 16.5. The van der Waals surface area contributed by atoms with E-state index in [1.165, 1.54) is 32.2 Å². The maximum atomic E-state index is 5.83. The van der Waals surface area contributed by atoms with Gasteiger partial charge in [-0.3, -0.25) is 0 Å². The summed E-state index contributed by atoms with van der Waals surface area (Å²) >= 11 is 0.